The number of esters is 1. The second-order valence-corrected chi connectivity index (χ2v) is 31.0. The average Bonchev–Trinajstić information content (AvgIpc) is 0.838. The Kier molecular flexibility index (Phi) is 32.1. The number of nitrogens with zero attached hydrogens (tertiary/aromatic N) is 9. The van der Waals surface area contributed by atoms with Crippen LogP contribution in [-0.4, -0.2) is 168 Å². The maximum absolute atomic E-state index is 14.0. The van der Waals surface area contributed by atoms with Crippen molar-refractivity contribution < 1.29 is 52.7 Å². The Bertz CT molecular complexity index is 5140. The van der Waals surface area contributed by atoms with E-state index in [-0.39, 0.29) is 53.2 Å². The number of hydrogen-bond donors (Lipinski definition) is 0. The van der Waals surface area contributed by atoms with E-state index in [1.54, 1.807) is 153 Å². The molecule has 9 amide bonds. The number of rotatable bonds is 37. The third-order valence-corrected chi connectivity index (χ3v) is 21.6. The Balaban J connectivity index is 0.645. The first kappa shape index (κ1) is 90.2. The van der Waals surface area contributed by atoms with Crippen molar-refractivity contribution in [2.45, 2.75) is 148 Å². The number of benzene rings is 10. The molecule has 10 aromatic carbocycles. The van der Waals surface area contributed by atoms with Crippen LogP contribution in [0.4, 0.5) is 0 Å². The second kappa shape index (κ2) is 43.0. The number of ether oxygens (including phenoxy) is 1. The lowest BCUT2D eigenvalue weighted by Gasteiger charge is -2.24. The van der Waals surface area contributed by atoms with Crippen LogP contribution in [-0.2, 0) is 63.6 Å². The summed E-state index contributed by atoms with van der Waals surface area (Å²) in [5.41, 5.74) is 12.5. The van der Waals surface area contributed by atoms with Gasteiger partial charge in [-0.15, -0.1) is 0 Å². The number of carbonyl (C=O) groups is 10. The number of carbonyl (C=O) groups excluding carboxylic acids is 10. The Morgan fingerprint density at radius 1 is 0.190 bits per heavy atom. The first-order valence-corrected chi connectivity index (χ1v) is 42.0. The largest absolute Gasteiger partial charge is 0.456 e. The van der Waals surface area contributed by atoms with Gasteiger partial charge in [0.2, 0.25) is 0 Å². The van der Waals surface area contributed by atoms with Crippen LogP contribution in [0.5, 0.6) is 0 Å². The molecule has 0 bridgehead atoms. The molecular weight excluding hydrogens is 1520 g/mol. The van der Waals surface area contributed by atoms with Crippen molar-refractivity contribution in [3.63, 3.8) is 0 Å². The van der Waals surface area contributed by atoms with E-state index in [4.69, 9.17) is 4.74 Å². The summed E-state index contributed by atoms with van der Waals surface area (Å²) in [5, 5.41) is 0. The third-order valence-electron chi connectivity index (χ3n) is 21.6. The lowest BCUT2D eigenvalue weighted by molar-refractivity contribution is 0.00681. The highest BCUT2D eigenvalue weighted by molar-refractivity contribution is 5.99. The topological polar surface area (TPSA) is 209 Å². The Labute approximate surface area is 712 Å². The zero-order chi connectivity index (χ0) is 86.9. The minimum absolute atomic E-state index is 0.0465. The standard InChI is InChI=1S/C101H113N9O11/c1-13-102(91(111)81-25-23-22-24-26-81)63-72-27-45-82(46-28-72)92(112)103(14-2)64-73-29-47-83(48-30-73)93(113)104(15-3)65-74-31-49-84(50-32-74)94(114)105(16-4)66-75-33-51-85(52-34-75)95(115)106(17-5)67-76-35-53-86(54-36-76)96(116)107(18-6)68-77-37-55-87(56-38-77)97(117)108(19-7)69-78-39-57-88(58-40-78)98(118)109(20-8)70-79-41-59-89(60-42-79)99(119)110(21-9)71-80-43-61-90(62-44-80)100(120)121-101(10,11)12/h22-62H,13-21,63-71H2,1-12H3. The minimum atomic E-state index is -0.606. The van der Waals surface area contributed by atoms with Gasteiger partial charge in [0.1, 0.15) is 5.60 Å². The van der Waals surface area contributed by atoms with Gasteiger partial charge in [0.25, 0.3) is 53.2 Å². The number of hydrogen-bond acceptors (Lipinski definition) is 11. The van der Waals surface area contributed by atoms with Gasteiger partial charge in [0, 0.05) is 168 Å². The fourth-order valence-corrected chi connectivity index (χ4v) is 14.3. The normalized spacial score (nSPS) is 11.1. The summed E-state index contributed by atoms with van der Waals surface area (Å²) in [6.45, 7) is 30.2. The maximum atomic E-state index is 14.0. The van der Waals surface area contributed by atoms with Crippen LogP contribution in [0.15, 0.2) is 249 Å². The second-order valence-electron chi connectivity index (χ2n) is 31.0. The molecule has 0 spiro atoms. The van der Waals surface area contributed by atoms with Crippen LogP contribution >= 0.6 is 0 Å². The lowest BCUT2D eigenvalue weighted by atomic mass is 10.1. The molecule has 0 aliphatic rings. The van der Waals surface area contributed by atoms with Crippen LogP contribution in [0.2, 0.25) is 0 Å². The van der Waals surface area contributed by atoms with Gasteiger partial charge >= 0.3 is 5.97 Å². The fraction of sp³-hybridized carbons (Fsp3) is 0.307. The van der Waals surface area contributed by atoms with Crippen LogP contribution in [0.3, 0.4) is 0 Å². The molecule has 0 radical (unpaired) electrons. The van der Waals surface area contributed by atoms with E-state index in [0.29, 0.717) is 173 Å². The smallest absolute Gasteiger partial charge is 0.338 e. The molecule has 10 rings (SSSR count). The van der Waals surface area contributed by atoms with E-state index in [2.05, 4.69) is 0 Å². The molecule has 0 saturated carbocycles. The fourth-order valence-electron chi connectivity index (χ4n) is 14.3. The monoisotopic (exact) mass is 1630 g/mol. The Morgan fingerprint density at radius 2 is 0.314 bits per heavy atom. The molecule has 20 heteroatoms. The molecule has 0 aromatic heterocycles. The molecule has 10 aromatic rings. The SMILES string of the molecule is CCN(Cc1ccc(C(=O)N(CC)Cc2ccc(C(=O)N(CC)Cc3ccc(C(=O)N(CC)Cc4ccc(C(=O)N(CC)Cc5ccc(C(=O)N(CC)Cc6ccc(C(=O)N(CC)Cc7ccc(C(=O)N(CC)Cc8ccc(C(=O)N(CC)Cc9ccc(C(=O)OC(C)(C)C)cc9)cc8)cc7)cc6)cc5)cc4)cc3)cc2)cc1)C(=O)c1ccccc1. The first-order chi connectivity index (χ1) is 58.3. The summed E-state index contributed by atoms with van der Waals surface area (Å²) in [5.74, 6) is -1.58. The van der Waals surface area contributed by atoms with Gasteiger partial charge in [0.15, 0.2) is 0 Å². The van der Waals surface area contributed by atoms with Gasteiger partial charge in [-0.2, -0.15) is 0 Å². The van der Waals surface area contributed by atoms with E-state index in [0.717, 1.165) is 50.1 Å². The molecule has 0 N–H and O–H groups in total. The van der Waals surface area contributed by atoms with Crippen molar-refractivity contribution in [1.29, 1.82) is 0 Å². The minimum Gasteiger partial charge on any atom is -0.456 e. The van der Waals surface area contributed by atoms with Crippen molar-refractivity contribution in [1.82, 2.24) is 44.1 Å². The molecule has 0 unspecified atom stereocenters. The summed E-state index contributed by atoms with van der Waals surface area (Å²) in [7, 11) is 0. The van der Waals surface area contributed by atoms with E-state index >= 15 is 0 Å². The highest BCUT2D eigenvalue weighted by Gasteiger charge is 2.26. The maximum Gasteiger partial charge on any atom is 0.338 e. The molecule has 0 atom stereocenters. The predicted octanol–water partition coefficient (Wildman–Crippen LogP) is 17.6. The molecule has 0 fully saturated rings. The van der Waals surface area contributed by atoms with Crippen LogP contribution < -0.4 is 0 Å². The van der Waals surface area contributed by atoms with E-state index in [1.165, 1.54) is 0 Å². The lowest BCUT2D eigenvalue weighted by Crippen LogP contribution is -2.32. The van der Waals surface area contributed by atoms with Gasteiger partial charge in [-0.05, 0) is 254 Å². The zero-order valence-electron chi connectivity index (χ0n) is 71.9. The summed E-state index contributed by atoms with van der Waals surface area (Å²) >= 11 is 0. The first-order valence-electron chi connectivity index (χ1n) is 42.0. The van der Waals surface area contributed by atoms with E-state index in [9.17, 15) is 47.9 Å². The van der Waals surface area contributed by atoms with Gasteiger partial charge in [-0.25, -0.2) is 4.79 Å². The highest BCUT2D eigenvalue weighted by Crippen LogP contribution is 2.25. The molecular formula is C101H113N9O11. The van der Waals surface area contributed by atoms with E-state index < -0.39 is 11.6 Å². The summed E-state index contributed by atoms with van der Waals surface area (Å²) in [4.78, 5) is 153. The zero-order valence-corrected chi connectivity index (χ0v) is 71.9. The van der Waals surface area contributed by atoms with Crippen LogP contribution in [0.1, 0.15) is 237 Å². The quantitative estimate of drug-likeness (QED) is 0.0334. The molecule has 121 heavy (non-hydrogen) atoms. The van der Waals surface area contributed by atoms with E-state index in [1.807, 2.05) is 223 Å². The van der Waals surface area contributed by atoms with Gasteiger partial charge in [0.05, 0.1) is 5.56 Å². The molecule has 0 saturated heterocycles. The van der Waals surface area contributed by atoms with Crippen molar-refractivity contribution in [2.75, 3.05) is 58.9 Å². The van der Waals surface area contributed by atoms with Gasteiger partial charge < -0.3 is 48.8 Å². The summed E-state index contributed by atoms with van der Waals surface area (Å²) in [6.07, 6.45) is 0. The number of amides is 9. The molecule has 0 aliphatic carbocycles. The van der Waals surface area contributed by atoms with Gasteiger partial charge in [-0.3, -0.25) is 43.2 Å². The summed E-state index contributed by atoms with van der Waals surface area (Å²) < 4.78 is 5.49. The molecule has 20 nitrogen and oxygen atoms in total. The average molecular weight is 1630 g/mol. The Morgan fingerprint density at radius 3 is 0.438 bits per heavy atom. The third kappa shape index (κ3) is 24.3. The molecule has 0 aliphatic heterocycles. The Hall–Kier alpha value is -13.1. The van der Waals surface area contributed by atoms with Crippen molar-refractivity contribution in [3.8, 4) is 0 Å². The summed E-state index contributed by atoms with van der Waals surface area (Å²) in [6, 6.07) is 74.9. The van der Waals surface area contributed by atoms with Crippen molar-refractivity contribution >= 4 is 59.1 Å². The van der Waals surface area contributed by atoms with Crippen LogP contribution in [0.25, 0.3) is 0 Å². The van der Waals surface area contributed by atoms with Crippen molar-refractivity contribution in [3.05, 3.63) is 354 Å². The molecule has 0 heterocycles. The molecule has 628 valence electrons. The van der Waals surface area contributed by atoms with Crippen molar-refractivity contribution in [2.24, 2.45) is 0 Å². The predicted molar refractivity (Wildman–Crippen MR) is 473 cm³/mol. The highest BCUT2D eigenvalue weighted by atomic mass is 16.6. The van der Waals surface area contributed by atoms with Gasteiger partial charge in [-0.1, -0.05) is 127 Å². The van der Waals surface area contributed by atoms with Crippen LogP contribution in [0, 0.1) is 0 Å².